The molecule has 3 aromatic heterocycles. The fraction of sp³-hybridized carbons (Fsp3) is 0. The summed E-state index contributed by atoms with van der Waals surface area (Å²) in [5, 5.41) is 3.37. The van der Waals surface area contributed by atoms with Gasteiger partial charge in [0, 0.05) is 32.0 Å². The Morgan fingerprint density at radius 3 is 2.03 bits per heavy atom. The van der Waals surface area contributed by atoms with Crippen molar-refractivity contribution in [2.45, 2.75) is 0 Å². The van der Waals surface area contributed by atoms with E-state index in [-0.39, 0.29) is 0 Å². The maximum absolute atomic E-state index is 6.09. The van der Waals surface area contributed by atoms with Gasteiger partial charge in [-0.15, -0.1) is 11.3 Å². The lowest BCUT2D eigenvalue weighted by molar-refractivity contribution is 0.669. The molecule has 3 nitrogen and oxygen atoms in total. The van der Waals surface area contributed by atoms with Crippen molar-refractivity contribution in [2.75, 3.05) is 0 Å². The number of hydrogen-bond acceptors (Lipinski definition) is 4. The van der Waals surface area contributed by atoms with E-state index < -0.39 is 0 Å². The number of thiophene rings is 1. The highest BCUT2D eigenvalue weighted by molar-refractivity contribution is 7.26. The van der Waals surface area contributed by atoms with Gasteiger partial charge in [-0.25, -0.2) is 9.97 Å². The van der Waals surface area contributed by atoms with Crippen molar-refractivity contribution < 1.29 is 4.42 Å². The topological polar surface area (TPSA) is 38.9 Å². The van der Waals surface area contributed by atoms with Crippen LogP contribution in [0.4, 0.5) is 0 Å². The standard InChI is InChI=1S/C34H20N2OS/c1-2-8-21(9-3-1)22-14-16-23(17-15-22)34-35-31(33-32(36-34)26-11-5-7-13-30(26)38-33)24-18-19-29-27(20-24)25-10-4-6-12-28(25)37-29/h1-20H. The minimum Gasteiger partial charge on any atom is -0.456 e. The second kappa shape index (κ2) is 8.37. The Balaban J connectivity index is 1.36. The van der Waals surface area contributed by atoms with Gasteiger partial charge in [0.25, 0.3) is 0 Å². The summed E-state index contributed by atoms with van der Waals surface area (Å²) >= 11 is 1.75. The van der Waals surface area contributed by atoms with Gasteiger partial charge in [-0.1, -0.05) is 91.0 Å². The van der Waals surface area contributed by atoms with Gasteiger partial charge in [0.05, 0.1) is 15.9 Å². The first-order chi connectivity index (χ1) is 18.8. The van der Waals surface area contributed by atoms with Crippen LogP contribution in [-0.2, 0) is 0 Å². The van der Waals surface area contributed by atoms with Crippen molar-refractivity contribution in [1.29, 1.82) is 0 Å². The summed E-state index contributed by atoms with van der Waals surface area (Å²) in [6, 6.07) is 42.0. The Morgan fingerprint density at radius 1 is 0.500 bits per heavy atom. The lowest BCUT2D eigenvalue weighted by atomic mass is 10.0. The van der Waals surface area contributed by atoms with Crippen LogP contribution >= 0.6 is 11.3 Å². The molecule has 0 aliphatic rings. The SMILES string of the molecule is c1ccc(-c2ccc(-c3nc(-c4ccc5oc6ccccc6c5c4)c4sc5ccccc5c4n3)cc2)cc1. The molecule has 4 heteroatoms. The molecule has 0 fully saturated rings. The van der Waals surface area contributed by atoms with Gasteiger partial charge in [0.2, 0.25) is 0 Å². The zero-order chi connectivity index (χ0) is 25.1. The number of para-hydroxylation sites is 1. The van der Waals surface area contributed by atoms with E-state index in [9.17, 15) is 0 Å². The molecule has 0 radical (unpaired) electrons. The Morgan fingerprint density at radius 2 is 1.16 bits per heavy atom. The number of aromatic nitrogens is 2. The van der Waals surface area contributed by atoms with E-state index in [0.29, 0.717) is 0 Å². The smallest absolute Gasteiger partial charge is 0.160 e. The van der Waals surface area contributed by atoms with Crippen LogP contribution in [0, 0.1) is 0 Å². The molecule has 8 aromatic rings. The van der Waals surface area contributed by atoms with E-state index >= 15 is 0 Å². The molecule has 8 rings (SSSR count). The normalized spacial score (nSPS) is 11.7. The average molecular weight is 505 g/mol. The van der Waals surface area contributed by atoms with Crippen molar-refractivity contribution in [2.24, 2.45) is 0 Å². The highest BCUT2D eigenvalue weighted by Gasteiger charge is 2.18. The molecule has 0 N–H and O–H groups in total. The van der Waals surface area contributed by atoms with Gasteiger partial charge in [-0.3, -0.25) is 0 Å². The summed E-state index contributed by atoms with van der Waals surface area (Å²) in [5.41, 5.74) is 8.15. The van der Waals surface area contributed by atoms with E-state index in [1.807, 2.05) is 18.2 Å². The van der Waals surface area contributed by atoms with Gasteiger partial charge >= 0.3 is 0 Å². The minimum absolute atomic E-state index is 0.729. The van der Waals surface area contributed by atoms with Gasteiger partial charge in [0.1, 0.15) is 11.2 Å². The molecule has 3 heterocycles. The van der Waals surface area contributed by atoms with Crippen LogP contribution in [0.3, 0.4) is 0 Å². The summed E-state index contributed by atoms with van der Waals surface area (Å²) in [6.45, 7) is 0. The van der Waals surface area contributed by atoms with Gasteiger partial charge in [0.15, 0.2) is 5.82 Å². The fourth-order valence-corrected chi connectivity index (χ4v) is 6.39. The molecule has 0 spiro atoms. The molecule has 0 bridgehead atoms. The fourth-order valence-electron chi connectivity index (χ4n) is 5.23. The third-order valence-electron chi connectivity index (χ3n) is 7.12. The molecule has 0 saturated carbocycles. The molecule has 0 aliphatic carbocycles. The Kier molecular flexibility index (Phi) is 4.69. The van der Waals surface area contributed by atoms with E-state index in [1.165, 1.54) is 15.8 Å². The second-order valence-corrected chi connectivity index (χ2v) is 10.5. The van der Waals surface area contributed by atoms with Gasteiger partial charge in [-0.05, 0) is 41.5 Å². The number of furan rings is 1. The molecule has 0 aliphatic heterocycles. The zero-order valence-corrected chi connectivity index (χ0v) is 21.1. The van der Waals surface area contributed by atoms with Crippen LogP contribution in [0.25, 0.3) is 76.0 Å². The van der Waals surface area contributed by atoms with Crippen LogP contribution in [0.1, 0.15) is 0 Å². The van der Waals surface area contributed by atoms with Gasteiger partial charge < -0.3 is 4.42 Å². The zero-order valence-electron chi connectivity index (χ0n) is 20.3. The van der Waals surface area contributed by atoms with Crippen LogP contribution < -0.4 is 0 Å². The van der Waals surface area contributed by atoms with Crippen LogP contribution in [0.2, 0.25) is 0 Å². The van der Waals surface area contributed by atoms with Gasteiger partial charge in [-0.2, -0.15) is 0 Å². The summed E-state index contributed by atoms with van der Waals surface area (Å²) < 4.78 is 8.40. The number of rotatable bonds is 3. The van der Waals surface area contributed by atoms with E-state index in [4.69, 9.17) is 14.4 Å². The van der Waals surface area contributed by atoms with Crippen molar-refractivity contribution in [1.82, 2.24) is 9.97 Å². The van der Waals surface area contributed by atoms with Crippen LogP contribution in [-0.4, -0.2) is 9.97 Å². The summed E-state index contributed by atoms with van der Waals surface area (Å²) in [4.78, 5) is 10.3. The average Bonchev–Trinajstić information content (AvgIpc) is 3.55. The lowest BCUT2D eigenvalue weighted by Crippen LogP contribution is -1.93. The number of nitrogens with zero attached hydrogens (tertiary/aromatic N) is 2. The maximum atomic E-state index is 6.09. The highest BCUT2D eigenvalue weighted by atomic mass is 32.1. The summed E-state index contributed by atoms with van der Waals surface area (Å²) in [7, 11) is 0. The third kappa shape index (κ3) is 3.35. The molecule has 0 unspecified atom stereocenters. The number of hydrogen-bond donors (Lipinski definition) is 0. The van der Waals surface area contributed by atoms with E-state index in [0.717, 1.165) is 60.2 Å². The summed E-state index contributed by atoms with van der Waals surface area (Å²) in [5.74, 6) is 0.729. The lowest BCUT2D eigenvalue weighted by Gasteiger charge is -2.08. The molecule has 0 atom stereocenters. The highest BCUT2D eigenvalue weighted by Crippen LogP contribution is 2.41. The molecular formula is C34H20N2OS. The van der Waals surface area contributed by atoms with Crippen molar-refractivity contribution in [3.8, 4) is 33.8 Å². The first-order valence-corrected chi connectivity index (χ1v) is 13.4. The third-order valence-corrected chi connectivity index (χ3v) is 8.29. The molecular weight excluding hydrogens is 484 g/mol. The monoisotopic (exact) mass is 504 g/mol. The van der Waals surface area contributed by atoms with Crippen LogP contribution in [0.15, 0.2) is 126 Å². The Labute approximate surface area is 222 Å². The first-order valence-electron chi connectivity index (χ1n) is 12.6. The van der Waals surface area contributed by atoms with E-state index in [1.54, 1.807) is 11.3 Å². The first kappa shape index (κ1) is 21.3. The second-order valence-electron chi connectivity index (χ2n) is 9.42. The predicted molar refractivity (Wildman–Crippen MR) is 159 cm³/mol. The Hall–Kier alpha value is -4.80. The van der Waals surface area contributed by atoms with Crippen molar-refractivity contribution >= 4 is 53.6 Å². The molecule has 5 aromatic carbocycles. The van der Waals surface area contributed by atoms with Crippen molar-refractivity contribution in [3.05, 3.63) is 121 Å². The molecule has 178 valence electrons. The van der Waals surface area contributed by atoms with Crippen LogP contribution in [0.5, 0.6) is 0 Å². The number of fused-ring (bicyclic) bond motifs is 6. The minimum atomic E-state index is 0.729. The maximum Gasteiger partial charge on any atom is 0.160 e. The van der Waals surface area contributed by atoms with Crippen molar-refractivity contribution in [3.63, 3.8) is 0 Å². The number of benzene rings is 5. The molecule has 0 amide bonds. The Bertz CT molecular complexity index is 2120. The molecule has 0 saturated heterocycles. The predicted octanol–water partition coefficient (Wildman–Crippen LogP) is 9.74. The molecule has 38 heavy (non-hydrogen) atoms. The van der Waals surface area contributed by atoms with E-state index in [2.05, 4.69) is 103 Å². The summed E-state index contributed by atoms with van der Waals surface area (Å²) in [6.07, 6.45) is 0. The largest absolute Gasteiger partial charge is 0.456 e. The quantitative estimate of drug-likeness (QED) is 0.240.